The van der Waals surface area contributed by atoms with E-state index >= 15 is 0 Å². The minimum atomic E-state index is -0.845. The molecule has 0 aliphatic carbocycles. The van der Waals surface area contributed by atoms with Gasteiger partial charge in [-0.1, -0.05) is 32.1 Å². The minimum Gasteiger partial charge on any atom is -0.478 e. The molecule has 1 aromatic rings. The molecule has 1 aromatic carbocycles. The van der Waals surface area contributed by atoms with Crippen molar-refractivity contribution in [2.45, 2.75) is 53.4 Å². The van der Waals surface area contributed by atoms with E-state index in [9.17, 15) is 9.59 Å². The van der Waals surface area contributed by atoms with Crippen LogP contribution in [0.3, 0.4) is 0 Å². The van der Waals surface area contributed by atoms with E-state index < -0.39 is 5.97 Å². The lowest BCUT2D eigenvalue weighted by molar-refractivity contribution is -0.137. The third-order valence-electron chi connectivity index (χ3n) is 3.81. The van der Waals surface area contributed by atoms with E-state index in [2.05, 4.69) is 26.8 Å². The summed E-state index contributed by atoms with van der Waals surface area (Å²) in [7, 11) is 0. The lowest BCUT2D eigenvalue weighted by Crippen LogP contribution is -2.32. The average molecular weight is 304 g/mol. The van der Waals surface area contributed by atoms with E-state index in [4.69, 9.17) is 9.84 Å². The number of ether oxygens (including phenoxy) is 1. The van der Waals surface area contributed by atoms with Gasteiger partial charge in [-0.15, -0.1) is 0 Å². The molecule has 4 heteroatoms. The molecule has 0 bridgehead atoms. The Hall–Kier alpha value is -2.10. The molecule has 0 aromatic heterocycles. The van der Waals surface area contributed by atoms with Crippen LogP contribution in [0.2, 0.25) is 0 Å². The van der Waals surface area contributed by atoms with Crippen LogP contribution in [0.5, 0.6) is 5.75 Å². The first-order chi connectivity index (χ1) is 10.1. The lowest BCUT2D eigenvalue weighted by atomic mass is 9.76. The van der Waals surface area contributed by atoms with Crippen molar-refractivity contribution in [2.75, 3.05) is 0 Å². The van der Waals surface area contributed by atoms with Crippen molar-refractivity contribution < 1.29 is 19.4 Å². The van der Waals surface area contributed by atoms with Gasteiger partial charge in [-0.2, -0.15) is 0 Å². The van der Waals surface area contributed by atoms with Crippen LogP contribution in [-0.4, -0.2) is 17.0 Å². The number of hydrogen-bond donors (Lipinski definition) is 1. The van der Waals surface area contributed by atoms with Crippen molar-refractivity contribution in [3.63, 3.8) is 0 Å². The van der Waals surface area contributed by atoms with E-state index in [1.165, 1.54) is 11.1 Å². The van der Waals surface area contributed by atoms with Gasteiger partial charge in [-0.05, 0) is 38.8 Å². The number of fused-ring (bicyclic) bond motifs is 1. The molecular formula is C18H24O4. The predicted molar refractivity (Wildman–Crippen MR) is 86.3 cm³/mol. The van der Waals surface area contributed by atoms with Crippen molar-refractivity contribution in [3.05, 3.63) is 40.5 Å². The van der Waals surface area contributed by atoms with Crippen LogP contribution in [-0.2, 0) is 15.0 Å². The molecule has 0 atom stereocenters. The molecule has 0 radical (unpaired) electrons. The maximum absolute atomic E-state index is 11.5. The molecule has 0 saturated carbocycles. The monoisotopic (exact) mass is 304 g/mol. The summed E-state index contributed by atoms with van der Waals surface area (Å²) in [6.07, 6.45) is 2.02. The molecule has 2 rings (SSSR count). The number of aryl methyl sites for hydroxylation is 2. The number of esters is 1. The first-order valence-corrected chi connectivity index (χ1v) is 7.27. The largest absolute Gasteiger partial charge is 0.478 e. The fourth-order valence-corrected chi connectivity index (χ4v) is 2.48. The number of carboxylic acid groups (broad SMARTS) is 1. The molecule has 0 saturated heterocycles. The van der Waals surface area contributed by atoms with E-state index in [0.29, 0.717) is 12.0 Å². The number of carboxylic acids is 1. The Balaban J connectivity index is 0.000000295. The number of benzene rings is 1. The van der Waals surface area contributed by atoms with Crippen LogP contribution in [0, 0.1) is 13.8 Å². The maximum atomic E-state index is 11.5. The summed E-state index contributed by atoms with van der Waals surface area (Å²) in [5.74, 6) is -0.194. The number of carbonyl (C=O) groups is 2. The Morgan fingerprint density at radius 3 is 2.27 bits per heavy atom. The summed E-state index contributed by atoms with van der Waals surface area (Å²) in [4.78, 5) is 21.3. The molecule has 1 N–H and O–H groups in total. The molecule has 4 nitrogen and oxygen atoms in total. The topological polar surface area (TPSA) is 63.6 Å². The van der Waals surface area contributed by atoms with Crippen LogP contribution in [0.1, 0.15) is 50.8 Å². The molecule has 0 unspecified atom stereocenters. The zero-order chi connectivity index (χ0) is 17.1. The fraction of sp³-hybridized carbons (Fsp3) is 0.444. The second-order valence-corrected chi connectivity index (χ2v) is 6.22. The van der Waals surface area contributed by atoms with Gasteiger partial charge in [-0.25, -0.2) is 4.79 Å². The van der Waals surface area contributed by atoms with Gasteiger partial charge >= 0.3 is 11.9 Å². The van der Waals surface area contributed by atoms with E-state index in [0.717, 1.165) is 11.3 Å². The summed E-state index contributed by atoms with van der Waals surface area (Å²) in [5, 5.41) is 8.11. The third kappa shape index (κ3) is 3.97. The molecule has 0 amide bonds. The molecule has 22 heavy (non-hydrogen) atoms. The SMILES string of the molecule is CC=C(C)C(=O)O.Cc1ccc(C)c2c1OC(=O)CC2(C)C. The van der Waals surface area contributed by atoms with Crippen LogP contribution < -0.4 is 4.74 Å². The third-order valence-corrected chi connectivity index (χ3v) is 3.81. The molecule has 1 aliphatic rings. The summed E-state index contributed by atoms with van der Waals surface area (Å²) < 4.78 is 5.34. The van der Waals surface area contributed by atoms with Crippen molar-refractivity contribution in [3.8, 4) is 5.75 Å². The van der Waals surface area contributed by atoms with Crippen LogP contribution >= 0.6 is 0 Å². The standard InChI is InChI=1S/C13H16O2.C5H8O2/c1-8-5-6-9(2)12-11(8)13(3,4)7-10(14)15-12;1-3-4(2)5(6)7/h5-6H,7H2,1-4H3;3H,1-2H3,(H,6,7). The number of allylic oxidation sites excluding steroid dienone is 1. The zero-order valence-electron chi connectivity index (χ0n) is 14.1. The lowest BCUT2D eigenvalue weighted by Gasteiger charge is -2.33. The highest BCUT2D eigenvalue weighted by Gasteiger charge is 2.35. The molecule has 0 spiro atoms. The number of carbonyl (C=O) groups excluding carboxylic acids is 1. The van der Waals surface area contributed by atoms with Crippen molar-refractivity contribution >= 4 is 11.9 Å². The van der Waals surface area contributed by atoms with Crippen molar-refractivity contribution in [1.82, 2.24) is 0 Å². The highest BCUT2D eigenvalue weighted by Crippen LogP contribution is 2.42. The second kappa shape index (κ2) is 6.77. The van der Waals surface area contributed by atoms with Gasteiger partial charge in [-0.3, -0.25) is 4.79 Å². The molecule has 0 fully saturated rings. The molecule has 1 aliphatic heterocycles. The average Bonchev–Trinajstić information content (AvgIpc) is 2.41. The Labute approximate surface area is 131 Å². The zero-order valence-corrected chi connectivity index (χ0v) is 14.1. The summed E-state index contributed by atoms with van der Waals surface area (Å²) in [6.45, 7) is 11.5. The first kappa shape index (κ1) is 18.0. The van der Waals surface area contributed by atoms with Gasteiger partial charge in [0, 0.05) is 16.6 Å². The molecule has 120 valence electrons. The smallest absolute Gasteiger partial charge is 0.330 e. The van der Waals surface area contributed by atoms with Gasteiger partial charge in [0.15, 0.2) is 0 Å². The Kier molecular flexibility index (Phi) is 5.53. The van der Waals surface area contributed by atoms with Gasteiger partial charge in [0.2, 0.25) is 0 Å². The second-order valence-electron chi connectivity index (χ2n) is 6.22. The Morgan fingerprint density at radius 1 is 1.27 bits per heavy atom. The van der Waals surface area contributed by atoms with Gasteiger partial charge in [0.05, 0.1) is 6.42 Å². The molecule has 1 heterocycles. The predicted octanol–water partition coefficient (Wildman–Crippen LogP) is 3.93. The first-order valence-electron chi connectivity index (χ1n) is 7.27. The number of hydrogen-bond acceptors (Lipinski definition) is 3. The highest BCUT2D eigenvalue weighted by atomic mass is 16.5. The van der Waals surface area contributed by atoms with Crippen LogP contribution in [0.25, 0.3) is 0 Å². The van der Waals surface area contributed by atoms with E-state index in [-0.39, 0.29) is 11.4 Å². The van der Waals surface area contributed by atoms with E-state index in [1.807, 2.05) is 13.0 Å². The summed E-state index contributed by atoms with van der Waals surface area (Å²) in [5.41, 5.74) is 3.70. The number of aliphatic carboxylic acids is 1. The van der Waals surface area contributed by atoms with Crippen molar-refractivity contribution in [1.29, 1.82) is 0 Å². The maximum Gasteiger partial charge on any atom is 0.330 e. The molecular weight excluding hydrogens is 280 g/mol. The van der Waals surface area contributed by atoms with Crippen LogP contribution in [0.4, 0.5) is 0 Å². The van der Waals surface area contributed by atoms with Gasteiger partial charge < -0.3 is 9.84 Å². The Bertz CT molecular complexity index is 624. The van der Waals surface area contributed by atoms with Crippen molar-refractivity contribution in [2.24, 2.45) is 0 Å². The minimum absolute atomic E-state index is 0.110. The quantitative estimate of drug-likeness (QED) is 0.485. The highest BCUT2D eigenvalue weighted by molar-refractivity contribution is 5.85. The Morgan fingerprint density at radius 2 is 1.82 bits per heavy atom. The normalized spacial score (nSPS) is 16.1. The summed E-state index contributed by atoms with van der Waals surface area (Å²) in [6, 6.07) is 4.10. The summed E-state index contributed by atoms with van der Waals surface area (Å²) >= 11 is 0. The van der Waals surface area contributed by atoms with E-state index in [1.54, 1.807) is 19.9 Å². The van der Waals surface area contributed by atoms with Crippen LogP contribution in [0.15, 0.2) is 23.8 Å². The van der Waals surface area contributed by atoms with Gasteiger partial charge in [0.25, 0.3) is 0 Å². The number of rotatable bonds is 1. The van der Waals surface area contributed by atoms with Gasteiger partial charge in [0.1, 0.15) is 5.75 Å². The fourth-order valence-electron chi connectivity index (χ4n) is 2.48.